The van der Waals surface area contributed by atoms with Crippen molar-refractivity contribution in [2.24, 2.45) is 5.10 Å². The highest BCUT2D eigenvalue weighted by atomic mass is 32.2. The van der Waals surface area contributed by atoms with E-state index in [1.54, 1.807) is 26.4 Å². The average molecular weight is 490 g/mol. The fraction of sp³-hybridized carbons (Fsp3) is 0.120. The van der Waals surface area contributed by atoms with Crippen molar-refractivity contribution in [2.45, 2.75) is 5.16 Å². The van der Waals surface area contributed by atoms with Crippen molar-refractivity contribution in [3.8, 4) is 34.3 Å². The SMILES string of the molecule is COc1ccc(-c2[nH]nc(SCC(=O)NN=Cc3cccc([O-])c3)[n+]2-c2ccc(OC)cc2)cc1. The number of nitrogens with one attached hydrogen (secondary N) is 2. The number of methoxy groups -OCH3 is 2. The van der Waals surface area contributed by atoms with E-state index in [9.17, 15) is 9.90 Å². The zero-order chi connectivity index (χ0) is 24.6. The van der Waals surface area contributed by atoms with Gasteiger partial charge in [-0.1, -0.05) is 24.3 Å². The zero-order valence-corrected chi connectivity index (χ0v) is 19.9. The van der Waals surface area contributed by atoms with Crippen LogP contribution in [0.15, 0.2) is 83.1 Å². The largest absolute Gasteiger partial charge is 0.872 e. The predicted octanol–water partition coefficient (Wildman–Crippen LogP) is 2.69. The highest BCUT2D eigenvalue weighted by Crippen LogP contribution is 2.23. The summed E-state index contributed by atoms with van der Waals surface area (Å²) in [6.07, 6.45) is 1.43. The summed E-state index contributed by atoms with van der Waals surface area (Å²) in [6, 6.07) is 21.4. The van der Waals surface area contributed by atoms with Crippen LogP contribution in [0.4, 0.5) is 0 Å². The fourth-order valence-corrected chi connectivity index (χ4v) is 4.00. The molecule has 0 atom stereocenters. The molecule has 10 heteroatoms. The van der Waals surface area contributed by atoms with Crippen LogP contribution in [0.3, 0.4) is 0 Å². The molecule has 0 bridgehead atoms. The molecule has 4 rings (SSSR count). The fourth-order valence-electron chi connectivity index (χ4n) is 3.24. The van der Waals surface area contributed by atoms with Gasteiger partial charge in [0.05, 0.1) is 36.8 Å². The van der Waals surface area contributed by atoms with Crippen LogP contribution in [0.1, 0.15) is 5.56 Å². The quantitative estimate of drug-likeness (QED) is 0.162. The van der Waals surface area contributed by atoms with Crippen LogP contribution in [0.5, 0.6) is 17.2 Å². The number of hydrogen-bond donors (Lipinski definition) is 2. The number of thioether (sulfide) groups is 1. The number of aromatic nitrogens is 3. The number of ether oxygens (including phenoxy) is 2. The first-order chi connectivity index (χ1) is 17.1. The Labute approximate surface area is 206 Å². The molecule has 0 aliphatic rings. The lowest BCUT2D eigenvalue weighted by Crippen LogP contribution is -2.34. The smallest absolute Gasteiger partial charge is 0.342 e. The molecular formula is C25H23N5O4S. The van der Waals surface area contributed by atoms with E-state index in [1.165, 1.54) is 30.1 Å². The molecule has 4 aromatic rings. The summed E-state index contributed by atoms with van der Waals surface area (Å²) in [4.78, 5) is 12.4. The summed E-state index contributed by atoms with van der Waals surface area (Å²) in [6.45, 7) is 0. The minimum absolute atomic E-state index is 0.0853. The van der Waals surface area contributed by atoms with E-state index in [-0.39, 0.29) is 17.4 Å². The van der Waals surface area contributed by atoms with Gasteiger partial charge in [-0.3, -0.25) is 4.79 Å². The minimum atomic E-state index is -0.306. The zero-order valence-electron chi connectivity index (χ0n) is 19.1. The van der Waals surface area contributed by atoms with E-state index in [1.807, 2.05) is 53.1 Å². The highest BCUT2D eigenvalue weighted by molar-refractivity contribution is 7.99. The second-order valence-corrected chi connectivity index (χ2v) is 8.21. The maximum absolute atomic E-state index is 12.4. The summed E-state index contributed by atoms with van der Waals surface area (Å²) >= 11 is 1.26. The molecule has 3 aromatic carbocycles. The molecule has 0 spiro atoms. The third-order valence-electron chi connectivity index (χ3n) is 4.96. The van der Waals surface area contributed by atoms with Crippen LogP contribution in [-0.2, 0) is 4.79 Å². The van der Waals surface area contributed by atoms with Gasteiger partial charge in [-0.2, -0.15) is 9.67 Å². The van der Waals surface area contributed by atoms with Crippen molar-refractivity contribution in [2.75, 3.05) is 20.0 Å². The number of hydrazone groups is 1. The van der Waals surface area contributed by atoms with Gasteiger partial charge in [0.2, 0.25) is 0 Å². The first kappa shape index (κ1) is 23.8. The van der Waals surface area contributed by atoms with Crippen molar-refractivity contribution in [1.82, 2.24) is 15.6 Å². The summed E-state index contributed by atoms with van der Waals surface area (Å²) in [7, 11) is 3.23. The number of benzene rings is 3. The Kier molecular flexibility index (Phi) is 7.63. The number of aromatic amines is 1. The van der Waals surface area contributed by atoms with Crippen molar-refractivity contribution in [3.05, 3.63) is 78.4 Å². The molecule has 0 saturated carbocycles. The average Bonchev–Trinajstić information content (AvgIpc) is 3.31. The minimum Gasteiger partial charge on any atom is -0.872 e. The maximum atomic E-state index is 12.4. The first-order valence-corrected chi connectivity index (χ1v) is 11.6. The van der Waals surface area contributed by atoms with Crippen LogP contribution in [0, 0.1) is 0 Å². The second-order valence-electron chi connectivity index (χ2n) is 7.27. The Bertz CT molecular complexity index is 1320. The van der Waals surface area contributed by atoms with Gasteiger partial charge in [0.1, 0.15) is 17.2 Å². The van der Waals surface area contributed by atoms with Gasteiger partial charge in [0, 0.05) is 0 Å². The number of amides is 1. The Morgan fingerprint density at radius 1 is 1.09 bits per heavy atom. The van der Waals surface area contributed by atoms with Gasteiger partial charge in [-0.25, -0.2) is 5.43 Å². The lowest BCUT2D eigenvalue weighted by atomic mass is 10.2. The molecule has 1 heterocycles. The lowest BCUT2D eigenvalue weighted by Gasteiger charge is -2.06. The Balaban J connectivity index is 1.53. The molecule has 0 aliphatic carbocycles. The van der Waals surface area contributed by atoms with Crippen molar-refractivity contribution in [3.63, 3.8) is 0 Å². The standard InChI is InChI=1S/C25H23N5O4S/c1-33-21-10-6-18(7-11-21)24-28-29-25(30(24)19-8-12-22(34-2)13-9-19)35-16-23(32)27-26-15-17-4-3-5-20(31)14-17/h3-15H,16H2,1-2H3,(H2,27,31,32). The molecule has 35 heavy (non-hydrogen) atoms. The third-order valence-corrected chi connectivity index (χ3v) is 5.90. The summed E-state index contributed by atoms with van der Waals surface area (Å²) in [5.41, 5.74) is 4.84. The van der Waals surface area contributed by atoms with E-state index >= 15 is 0 Å². The normalized spacial score (nSPS) is 10.9. The molecule has 9 nitrogen and oxygen atoms in total. The maximum Gasteiger partial charge on any atom is 0.342 e. The molecular weight excluding hydrogens is 466 g/mol. The van der Waals surface area contributed by atoms with Gasteiger partial charge >= 0.3 is 5.16 Å². The number of rotatable bonds is 9. The van der Waals surface area contributed by atoms with Gasteiger partial charge in [-0.15, -0.1) is 10.8 Å². The van der Waals surface area contributed by atoms with E-state index < -0.39 is 0 Å². The molecule has 0 unspecified atom stereocenters. The van der Waals surface area contributed by atoms with E-state index in [0.717, 1.165) is 28.6 Å². The number of carbonyl (C=O) groups excluding carboxylic acids is 1. The monoisotopic (exact) mass is 489 g/mol. The predicted molar refractivity (Wildman–Crippen MR) is 131 cm³/mol. The molecule has 0 aliphatic heterocycles. The van der Waals surface area contributed by atoms with Crippen molar-refractivity contribution in [1.29, 1.82) is 0 Å². The number of carbonyl (C=O) groups is 1. The Hall–Kier alpha value is -4.31. The van der Waals surface area contributed by atoms with Gasteiger partial charge in [-0.05, 0) is 65.9 Å². The van der Waals surface area contributed by atoms with Crippen molar-refractivity contribution >= 4 is 23.9 Å². The third kappa shape index (κ3) is 5.98. The van der Waals surface area contributed by atoms with Crippen LogP contribution >= 0.6 is 11.8 Å². The topological polar surface area (TPSA) is 116 Å². The van der Waals surface area contributed by atoms with Crippen LogP contribution in [0.25, 0.3) is 17.1 Å². The molecule has 0 radical (unpaired) electrons. The van der Waals surface area contributed by atoms with E-state index in [2.05, 4.69) is 20.7 Å². The summed E-state index contributed by atoms with van der Waals surface area (Å²) in [5, 5.41) is 23.4. The summed E-state index contributed by atoms with van der Waals surface area (Å²) < 4.78 is 12.5. The highest BCUT2D eigenvalue weighted by Gasteiger charge is 2.24. The van der Waals surface area contributed by atoms with Crippen LogP contribution in [-0.4, -0.2) is 42.3 Å². The van der Waals surface area contributed by atoms with Gasteiger partial charge < -0.3 is 14.6 Å². The molecule has 2 N–H and O–H groups in total. The lowest BCUT2D eigenvalue weighted by molar-refractivity contribution is -0.625. The van der Waals surface area contributed by atoms with E-state index in [4.69, 9.17) is 9.47 Å². The number of hydrogen-bond acceptors (Lipinski definition) is 7. The summed E-state index contributed by atoms with van der Waals surface area (Å²) in [5.74, 6) is 1.89. The van der Waals surface area contributed by atoms with E-state index in [0.29, 0.717) is 10.7 Å². The van der Waals surface area contributed by atoms with Crippen LogP contribution in [0.2, 0.25) is 0 Å². The van der Waals surface area contributed by atoms with Crippen molar-refractivity contribution < 1.29 is 23.9 Å². The second kappa shape index (κ2) is 11.2. The molecule has 0 fully saturated rings. The first-order valence-electron chi connectivity index (χ1n) is 10.6. The molecule has 0 saturated heterocycles. The van der Waals surface area contributed by atoms with Gasteiger partial charge in [0.15, 0.2) is 0 Å². The molecule has 178 valence electrons. The van der Waals surface area contributed by atoms with Crippen LogP contribution < -0.4 is 24.6 Å². The Morgan fingerprint density at radius 3 is 2.43 bits per heavy atom. The molecule has 1 amide bonds. The number of nitrogens with zero attached hydrogens (tertiary/aromatic N) is 3. The number of H-pyrrole nitrogens is 1. The Morgan fingerprint density at radius 2 is 1.77 bits per heavy atom. The molecule has 1 aromatic heterocycles. The van der Waals surface area contributed by atoms with Gasteiger partial charge in [0.25, 0.3) is 11.7 Å².